The predicted molar refractivity (Wildman–Crippen MR) is 47.7 cm³/mol. The average molecular weight is 181 g/mol. The number of hydrogen-bond acceptors (Lipinski definition) is 3. The molecule has 4 heteroatoms. The second-order valence-corrected chi connectivity index (χ2v) is 2.87. The molecular weight excluding hydrogens is 170 g/mol. The molecule has 4 N–H and O–H groups in total. The van der Waals surface area contributed by atoms with Gasteiger partial charge in [0.25, 0.3) is 0 Å². The van der Waals surface area contributed by atoms with E-state index in [0.717, 1.165) is 0 Å². The SMILES string of the molecule is CC(N)c1ccc(O)c(C(=O)O)c1. The second kappa shape index (κ2) is 3.45. The Morgan fingerprint density at radius 1 is 1.54 bits per heavy atom. The molecule has 13 heavy (non-hydrogen) atoms. The Morgan fingerprint density at radius 2 is 2.15 bits per heavy atom. The van der Waals surface area contributed by atoms with Crippen molar-refractivity contribution in [2.24, 2.45) is 5.73 Å². The van der Waals surface area contributed by atoms with Gasteiger partial charge in [-0.05, 0) is 24.6 Å². The van der Waals surface area contributed by atoms with Crippen LogP contribution < -0.4 is 5.73 Å². The van der Waals surface area contributed by atoms with Crippen molar-refractivity contribution < 1.29 is 15.0 Å². The van der Waals surface area contributed by atoms with E-state index in [4.69, 9.17) is 15.9 Å². The largest absolute Gasteiger partial charge is 0.507 e. The first kappa shape index (κ1) is 9.54. The highest BCUT2D eigenvalue weighted by Crippen LogP contribution is 2.21. The van der Waals surface area contributed by atoms with Gasteiger partial charge in [-0.1, -0.05) is 6.07 Å². The van der Waals surface area contributed by atoms with Crippen molar-refractivity contribution in [2.75, 3.05) is 0 Å². The molecule has 0 aliphatic rings. The number of carboxylic acids is 1. The van der Waals surface area contributed by atoms with Crippen LogP contribution in [0.25, 0.3) is 0 Å². The highest BCUT2D eigenvalue weighted by atomic mass is 16.4. The zero-order valence-electron chi connectivity index (χ0n) is 7.19. The molecule has 0 bridgehead atoms. The van der Waals surface area contributed by atoms with E-state index >= 15 is 0 Å². The van der Waals surface area contributed by atoms with Crippen molar-refractivity contribution >= 4 is 5.97 Å². The number of carbonyl (C=O) groups is 1. The molecule has 0 spiro atoms. The Bertz CT molecular complexity index is 334. The summed E-state index contributed by atoms with van der Waals surface area (Å²) in [6.45, 7) is 1.75. The van der Waals surface area contributed by atoms with Gasteiger partial charge in [0.2, 0.25) is 0 Å². The fourth-order valence-electron chi connectivity index (χ4n) is 1.01. The number of nitrogens with two attached hydrogens (primary N) is 1. The summed E-state index contributed by atoms with van der Waals surface area (Å²) < 4.78 is 0. The van der Waals surface area contributed by atoms with Gasteiger partial charge in [-0.25, -0.2) is 4.79 Å². The molecule has 0 heterocycles. The molecule has 1 unspecified atom stereocenters. The topological polar surface area (TPSA) is 83.5 Å². The van der Waals surface area contributed by atoms with E-state index in [9.17, 15) is 4.79 Å². The molecule has 1 aromatic rings. The Kier molecular flexibility index (Phi) is 2.53. The number of carboxylic acid groups (broad SMARTS) is 1. The van der Waals surface area contributed by atoms with Crippen LogP contribution in [0.15, 0.2) is 18.2 Å². The van der Waals surface area contributed by atoms with Crippen LogP contribution in [0.4, 0.5) is 0 Å². The van der Waals surface area contributed by atoms with Gasteiger partial charge in [0.05, 0.1) is 0 Å². The minimum absolute atomic E-state index is 0.116. The number of benzene rings is 1. The Morgan fingerprint density at radius 3 is 2.62 bits per heavy atom. The minimum atomic E-state index is -1.15. The lowest BCUT2D eigenvalue weighted by Gasteiger charge is -2.07. The summed E-state index contributed by atoms with van der Waals surface area (Å²) in [5, 5.41) is 17.8. The molecular formula is C9H11NO3. The third kappa shape index (κ3) is 1.97. The van der Waals surface area contributed by atoms with Crippen LogP contribution in [-0.4, -0.2) is 16.2 Å². The van der Waals surface area contributed by atoms with Crippen molar-refractivity contribution in [3.8, 4) is 5.75 Å². The van der Waals surface area contributed by atoms with Crippen molar-refractivity contribution in [2.45, 2.75) is 13.0 Å². The Balaban J connectivity index is 3.19. The smallest absolute Gasteiger partial charge is 0.339 e. The molecule has 0 saturated heterocycles. The van der Waals surface area contributed by atoms with E-state index < -0.39 is 5.97 Å². The van der Waals surface area contributed by atoms with E-state index in [0.29, 0.717) is 5.56 Å². The summed E-state index contributed by atoms with van der Waals surface area (Å²) in [4.78, 5) is 10.6. The summed E-state index contributed by atoms with van der Waals surface area (Å²) >= 11 is 0. The first-order valence-electron chi connectivity index (χ1n) is 3.84. The maximum absolute atomic E-state index is 10.6. The van der Waals surface area contributed by atoms with Crippen LogP contribution in [0.2, 0.25) is 0 Å². The maximum atomic E-state index is 10.6. The van der Waals surface area contributed by atoms with Crippen molar-refractivity contribution in [3.63, 3.8) is 0 Å². The number of phenols is 1. The lowest BCUT2D eigenvalue weighted by atomic mass is 10.1. The number of aromatic hydroxyl groups is 1. The molecule has 0 saturated carbocycles. The molecule has 1 rings (SSSR count). The average Bonchev–Trinajstić information content (AvgIpc) is 2.04. The van der Waals surface area contributed by atoms with Crippen LogP contribution >= 0.6 is 0 Å². The van der Waals surface area contributed by atoms with E-state index in [1.54, 1.807) is 13.0 Å². The Labute approximate surface area is 75.6 Å². The van der Waals surface area contributed by atoms with Gasteiger partial charge < -0.3 is 15.9 Å². The predicted octanol–water partition coefficient (Wildman–Crippen LogP) is 1.11. The van der Waals surface area contributed by atoms with E-state index in [1.165, 1.54) is 12.1 Å². The van der Waals surface area contributed by atoms with Gasteiger partial charge in [-0.3, -0.25) is 0 Å². The van der Waals surface area contributed by atoms with Gasteiger partial charge in [-0.15, -0.1) is 0 Å². The highest BCUT2D eigenvalue weighted by molar-refractivity contribution is 5.90. The molecule has 0 aromatic heterocycles. The van der Waals surface area contributed by atoms with Crippen molar-refractivity contribution in [3.05, 3.63) is 29.3 Å². The second-order valence-electron chi connectivity index (χ2n) is 2.87. The number of hydrogen-bond donors (Lipinski definition) is 3. The van der Waals surface area contributed by atoms with Crippen LogP contribution in [0.1, 0.15) is 28.9 Å². The van der Waals surface area contributed by atoms with E-state index in [2.05, 4.69) is 0 Å². The fraction of sp³-hybridized carbons (Fsp3) is 0.222. The van der Waals surface area contributed by atoms with Gasteiger partial charge in [-0.2, -0.15) is 0 Å². The molecule has 0 aliphatic heterocycles. The first-order chi connectivity index (χ1) is 6.02. The van der Waals surface area contributed by atoms with Gasteiger partial charge in [0.1, 0.15) is 11.3 Å². The van der Waals surface area contributed by atoms with Crippen molar-refractivity contribution in [1.29, 1.82) is 0 Å². The van der Waals surface area contributed by atoms with E-state index in [-0.39, 0.29) is 17.4 Å². The summed E-state index contributed by atoms with van der Waals surface area (Å²) in [6.07, 6.45) is 0. The third-order valence-electron chi connectivity index (χ3n) is 1.78. The van der Waals surface area contributed by atoms with Gasteiger partial charge in [0.15, 0.2) is 0 Å². The summed E-state index contributed by atoms with van der Waals surface area (Å²) in [5.41, 5.74) is 6.13. The molecule has 4 nitrogen and oxygen atoms in total. The fourth-order valence-corrected chi connectivity index (χ4v) is 1.01. The van der Waals surface area contributed by atoms with Gasteiger partial charge >= 0.3 is 5.97 Å². The number of aromatic carboxylic acids is 1. The first-order valence-corrected chi connectivity index (χ1v) is 3.84. The monoisotopic (exact) mass is 181 g/mol. The summed E-state index contributed by atoms with van der Waals surface area (Å²) in [6, 6.07) is 4.08. The molecule has 0 amide bonds. The Hall–Kier alpha value is -1.55. The molecule has 70 valence electrons. The molecule has 0 radical (unpaired) electrons. The molecule has 1 aromatic carbocycles. The normalized spacial score (nSPS) is 12.5. The molecule has 0 fully saturated rings. The quantitative estimate of drug-likeness (QED) is 0.638. The van der Waals surface area contributed by atoms with Crippen LogP contribution in [0.5, 0.6) is 5.75 Å². The zero-order chi connectivity index (χ0) is 10.0. The summed E-state index contributed by atoms with van der Waals surface area (Å²) in [7, 11) is 0. The molecule has 1 atom stereocenters. The number of rotatable bonds is 2. The maximum Gasteiger partial charge on any atom is 0.339 e. The van der Waals surface area contributed by atoms with Crippen LogP contribution in [-0.2, 0) is 0 Å². The zero-order valence-corrected chi connectivity index (χ0v) is 7.19. The lowest BCUT2D eigenvalue weighted by molar-refractivity contribution is 0.0693. The van der Waals surface area contributed by atoms with E-state index in [1.807, 2.05) is 0 Å². The standard InChI is InChI=1S/C9H11NO3/c1-5(10)6-2-3-8(11)7(4-6)9(12)13/h2-5,11H,10H2,1H3,(H,12,13). The molecule has 0 aliphatic carbocycles. The third-order valence-corrected chi connectivity index (χ3v) is 1.78. The lowest BCUT2D eigenvalue weighted by Crippen LogP contribution is -2.06. The van der Waals surface area contributed by atoms with Crippen LogP contribution in [0.3, 0.4) is 0 Å². The van der Waals surface area contributed by atoms with Gasteiger partial charge in [0, 0.05) is 6.04 Å². The summed E-state index contributed by atoms with van der Waals surface area (Å²) in [5.74, 6) is -1.39. The van der Waals surface area contributed by atoms with Crippen molar-refractivity contribution in [1.82, 2.24) is 0 Å². The minimum Gasteiger partial charge on any atom is -0.507 e. The van der Waals surface area contributed by atoms with Crippen LogP contribution in [0, 0.1) is 0 Å². The highest BCUT2D eigenvalue weighted by Gasteiger charge is 2.11.